The monoisotopic (exact) mass is 326 g/mol. The summed E-state index contributed by atoms with van der Waals surface area (Å²) in [6, 6.07) is 18.9. The Bertz CT molecular complexity index is 638. The van der Waals surface area contributed by atoms with Crippen LogP contribution >= 0.6 is 0 Å². The number of likely N-dealkylation sites (N-methyl/N-ethyl adjacent to an activating group) is 1. The van der Waals surface area contributed by atoms with Crippen LogP contribution in [0, 0.1) is 0 Å². The van der Waals surface area contributed by atoms with Crippen LogP contribution in [0.5, 0.6) is 0 Å². The Balaban J connectivity index is 1.83. The van der Waals surface area contributed by atoms with Gasteiger partial charge in [0.15, 0.2) is 6.54 Å². The van der Waals surface area contributed by atoms with E-state index in [9.17, 15) is 4.79 Å². The van der Waals surface area contributed by atoms with Crippen molar-refractivity contribution in [1.29, 1.82) is 0 Å². The fraction of sp³-hybridized carbons (Fsp3) is 0.350. The fourth-order valence-electron chi connectivity index (χ4n) is 2.59. The molecular formula is C20H28N3O+. The number of rotatable bonds is 7. The molecule has 2 aromatic rings. The predicted molar refractivity (Wildman–Crippen MR) is 98.9 cm³/mol. The summed E-state index contributed by atoms with van der Waals surface area (Å²) >= 11 is 0. The highest BCUT2D eigenvalue weighted by molar-refractivity contribution is 5.76. The Morgan fingerprint density at radius 2 is 1.62 bits per heavy atom. The largest absolute Gasteiger partial charge is 0.378 e. The summed E-state index contributed by atoms with van der Waals surface area (Å²) in [5, 5.41) is 2.09. The standard InChI is InChI=1S/C20H27N3O/c1-16(18-8-6-5-7-9-18)21-14-20(24)23(4)15-17-10-12-19(13-11-17)22(2)3/h5-13,16,21H,14-15H2,1-4H3/p+1/t16-/m1/s1. The second-order valence-corrected chi connectivity index (χ2v) is 6.45. The number of anilines is 1. The number of benzene rings is 2. The molecule has 0 fully saturated rings. The summed E-state index contributed by atoms with van der Waals surface area (Å²) in [6.07, 6.45) is 0. The predicted octanol–water partition coefficient (Wildman–Crippen LogP) is 2.04. The molecule has 1 atom stereocenters. The summed E-state index contributed by atoms with van der Waals surface area (Å²) in [7, 11) is 5.91. The van der Waals surface area contributed by atoms with Crippen molar-refractivity contribution in [2.75, 3.05) is 32.6 Å². The lowest BCUT2D eigenvalue weighted by Crippen LogP contribution is -2.86. The highest BCUT2D eigenvalue weighted by Gasteiger charge is 2.14. The molecule has 0 spiro atoms. The molecule has 1 amide bonds. The Kier molecular flexibility index (Phi) is 6.38. The third-order valence-corrected chi connectivity index (χ3v) is 4.27. The van der Waals surface area contributed by atoms with E-state index in [-0.39, 0.29) is 11.9 Å². The zero-order valence-corrected chi connectivity index (χ0v) is 15.1. The minimum absolute atomic E-state index is 0.148. The topological polar surface area (TPSA) is 40.2 Å². The average Bonchev–Trinajstić information content (AvgIpc) is 2.60. The van der Waals surface area contributed by atoms with Crippen LogP contribution in [0.1, 0.15) is 24.1 Å². The molecule has 0 heterocycles. The SMILES string of the molecule is C[C@@H]([NH2+]CC(=O)N(C)Cc1ccc(N(C)C)cc1)c1ccccc1. The summed E-state index contributed by atoms with van der Waals surface area (Å²) in [4.78, 5) is 16.2. The Labute approximate surface area is 145 Å². The van der Waals surface area contributed by atoms with Crippen molar-refractivity contribution >= 4 is 11.6 Å². The molecule has 0 aromatic heterocycles. The van der Waals surface area contributed by atoms with Crippen LogP contribution in [0.3, 0.4) is 0 Å². The van der Waals surface area contributed by atoms with Gasteiger partial charge in [0.25, 0.3) is 5.91 Å². The lowest BCUT2D eigenvalue weighted by Gasteiger charge is -2.19. The summed E-state index contributed by atoms with van der Waals surface area (Å²) in [5.41, 5.74) is 3.55. The van der Waals surface area contributed by atoms with E-state index in [0.717, 1.165) is 11.3 Å². The van der Waals surface area contributed by atoms with E-state index < -0.39 is 0 Å². The number of hydrogen-bond donors (Lipinski definition) is 1. The lowest BCUT2D eigenvalue weighted by molar-refractivity contribution is -0.683. The molecule has 0 saturated heterocycles. The van der Waals surface area contributed by atoms with Crippen LogP contribution in [-0.2, 0) is 11.3 Å². The number of quaternary nitrogens is 1. The van der Waals surface area contributed by atoms with E-state index in [1.54, 1.807) is 4.90 Å². The van der Waals surface area contributed by atoms with Gasteiger partial charge in [0, 0.05) is 38.9 Å². The number of hydrogen-bond acceptors (Lipinski definition) is 2. The van der Waals surface area contributed by atoms with Gasteiger partial charge in [-0.25, -0.2) is 0 Å². The van der Waals surface area contributed by atoms with Crippen molar-refractivity contribution in [3.05, 3.63) is 65.7 Å². The van der Waals surface area contributed by atoms with E-state index in [2.05, 4.69) is 53.5 Å². The zero-order chi connectivity index (χ0) is 17.5. The fourth-order valence-corrected chi connectivity index (χ4v) is 2.59. The molecule has 0 saturated carbocycles. The van der Waals surface area contributed by atoms with Gasteiger partial charge in [-0.1, -0.05) is 42.5 Å². The molecule has 0 unspecified atom stereocenters. The molecular weight excluding hydrogens is 298 g/mol. The zero-order valence-electron chi connectivity index (χ0n) is 15.1. The van der Waals surface area contributed by atoms with Crippen LogP contribution in [0.15, 0.2) is 54.6 Å². The third-order valence-electron chi connectivity index (χ3n) is 4.27. The second-order valence-electron chi connectivity index (χ2n) is 6.45. The van der Waals surface area contributed by atoms with Gasteiger partial charge in [0.1, 0.15) is 6.04 Å². The number of carbonyl (C=O) groups excluding carboxylic acids is 1. The van der Waals surface area contributed by atoms with E-state index in [4.69, 9.17) is 0 Å². The number of carbonyl (C=O) groups is 1. The van der Waals surface area contributed by atoms with Crippen LogP contribution in [0.4, 0.5) is 5.69 Å². The summed E-state index contributed by atoms with van der Waals surface area (Å²) < 4.78 is 0. The first-order chi connectivity index (χ1) is 11.5. The van der Waals surface area contributed by atoms with Gasteiger partial charge in [0.05, 0.1) is 0 Å². The maximum atomic E-state index is 12.3. The van der Waals surface area contributed by atoms with Crippen LogP contribution in [0.2, 0.25) is 0 Å². The normalized spacial score (nSPS) is 11.8. The van der Waals surface area contributed by atoms with Gasteiger partial charge in [-0.05, 0) is 24.6 Å². The minimum atomic E-state index is 0.148. The molecule has 2 rings (SSSR count). The van der Waals surface area contributed by atoms with Gasteiger partial charge in [-0.15, -0.1) is 0 Å². The van der Waals surface area contributed by atoms with E-state index in [0.29, 0.717) is 13.1 Å². The quantitative estimate of drug-likeness (QED) is 0.846. The van der Waals surface area contributed by atoms with E-state index in [1.807, 2.05) is 39.3 Å². The molecule has 0 aliphatic heterocycles. The van der Waals surface area contributed by atoms with Crippen LogP contribution in [-0.4, -0.2) is 38.5 Å². The first-order valence-corrected chi connectivity index (χ1v) is 8.36. The molecule has 0 bridgehead atoms. The number of nitrogens with zero attached hydrogens (tertiary/aromatic N) is 2. The summed E-state index contributed by atoms with van der Waals surface area (Å²) in [6.45, 7) is 3.23. The van der Waals surface area contributed by atoms with Gasteiger partial charge in [-0.2, -0.15) is 0 Å². The number of amides is 1. The number of nitrogens with two attached hydrogens (primary N) is 1. The summed E-state index contributed by atoms with van der Waals surface area (Å²) in [5.74, 6) is 0.148. The highest BCUT2D eigenvalue weighted by Crippen LogP contribution is 2.13. The Morgan fingerprint density at radius 1 is 1.00 bits per heavy atom. The minimum Gasteiger partial charge on any atom is -0.378 e. The molecule has 4 nitrogen and oxygen atoms in total. The smallest absolute Gasteiger partial charge is 0.277 e. The molecule has 0 radical (unpaired) electrons. The Morgan fingerprint density at radius 3 is 2.21 bits per heavy atom. The van der Waals surface area contributed by atoms with Crippen molar-refractivity contribution in [3.8, 4) is 0 Å². The van der Waals surface area contributed by atoms with Gasteiger partial charge in [-0.3, -0.25) is 4.79 Å². The van der Waals surface area contributed by atoms with Crippen molar-refractivity contribution in [3.63, 3.8) is 0 Å². The molecule has 128 valence electrons. The van der Waals surface area contributed by atoms with Crippen molar-refractivity contribution in [2.45, 2.75) is 19.5 Å². The van der Waals surface area contributed by atoms with Crippen molar-refractivity contribution < 1.29 is 10.1 Å². The van der Waals surface area contributed by atoms with E-state index in [1.165, 1.54) is 5.56 Å². The first-order valence-electron chi connectivity index (χ1n) is 8.36. The maximum Gasteiger partial charge on any atom is 0.277 e. The van der Waals surface area contributed by atoms with Crippen molar-refractivity contribution in [2.24, 2.45) is 0 Å². The maximum absolute atomic E-state index is 12.3. The molecule has 0 aliphatic carbocycles. The highest BCUT2D eigenvalue weighted by atomic mass is 16.2. The third kappa shape index (κ3) is 5.10. The first kappa shape index (κ1) is 18.0. The van der Waals surface area contributed by atoms with Crippen LogP contribution < -0.4 is 10.2 Å². The van der Waals surface area contributed by atoms with Gasteiger partial charge >= 0.3 is 0 Å². The average molecular weight is 326 g/mol. The molecule has 24 heavy (non-hydrogen) atoms. The Hall–Kier alpha value is -2.33. The van der Waals surface area contributed by atoms with Gasteiger partial charge in [0.2, 0.25) is 0 Å². The van der Waals surface area contributed by atoms with Crippen LogP contribution in [0.25, 0.3) is 0 Å². The molecule has 4 heteroatoms. The van der Waals surface area contributed by atoms with Gasteiger partial charge < -0.3 is 15.1 Å². The molecule has 2 N–H and O–H groups in total. The molecule has 2 aromatic carbocycles. The lowest BCUT2D eigenvalue weighted by atomic mass is 10.1. The van der Waals surface area contributed by atoms with Crippen molar-refractivity contribution in [1.82, 2.24) is 4.90 Å². The second kappa shape index (κ2) is 8.50. The van der Waals surface area contributed by atoms with E-state index >= 15 is 0 Å². The molecule has 0 aliphatic rings.